The maximum atomic E-state index is 12.3. The molecule has 0 unspecified atom stereocenters. The average Bonchev–Trinajstić information content (AvgIpc) is 3.27. The van der Waals surface area contributed by atoms with Gasteiger partial charge in [0.05, 0.1) is 19.8 Å². The minimum absolute atomic E-state index is 0.0161. The lowest BCUT2D eigenvalue weighted by atomic mass is 10.0. The lowest BCUT2D eigenvalue weighted by molar-refractivity contribution is -0.143. The summed E-state index contributed by atoms with van der Waals surface area (Å²) >= 11 is 0. The summed E-state index contributed by atoms with van der Waals surface area (Å²) in [6.45, 7) is 1.35. The highest BCUT2D eigenvalue weighted by Gasteiger charge is 2.35. The van der Waals surface area contributed by atoms with Gasteiger partial charge in [0, 0.05) is 11.6 Å². The first-order valence-corrected chi connectivity index (χ1v) is 8.54. The Kier molecular flexibility index (Phi) is 5.49. The number of nitrogens with zero attached hydrogens (tertiary/aromatic N) is 1. The molecule has 150 valence electrons. The van der Waals surface area contributed by atoms with E-state index in [0.29, 0.717) is 17.1 Å². The standard InChI is InChI=1S/C20H18N2O7/c1-11-8-12(19(25)28-3)4-6-14(11)16-7-5-13(29-16)9-15-18(24)22(20(26)21-15)10-17(23)27-2/h4-9H,10H2,1-3H3,(H,21,26)/b15-9+. The number of nitrogens with one attached hydrogen (secondary N) is 1. The lowest BCUT2D eigenvalue weighted by Gasteiger charge is -2.08. The quantitative estimate of drug-likeness (QED) is 0.466. The third-order valence-corrected chi connectivity index (χ3v) is 4.30. The van der Waals surface area contributed by atoms with Crippen molar-refractivity contribution >= 4 is 30.0 Å². The zero-order chi connectivity index (χ0) is 21.1. The maximum absolute atomic E-state index is 12.3. The highest BCUT2D eigenvalue weighted by Crippen LogP contribution is 2.28. The van der Waals surface area contributed by atoms with Crippen LogP contribution in [0.4, 0.5) is 4.79 Å². The smallest absolute Gasteiger partial charge is 0.337 e. The largest absolute Gasteiger partial charge is 0.468 e. The first-order chi connectivity index (χ1) is 13.8. The number of carbonyl (C=O) groups is 4. The Labute approximate surface area is 165 Å². The number of hydrogen-bond acceptors (Lipinski definition) is 7. The molecule has 1 aliphatic heterocycles. The van der Waals surface area contributed by atoms with Crippen LogP contribution in [0.2, 0.25) is 0 Å². The molecule has 2 heterocycles. The Bertz CT molecular complexity index is 1040. The van der Waals surface area contributed by atoms with Crippen LogP contribution < -0.4 is 5.32 Å². The van der Waals surface area contributed by atoms with E-state index in [1.807, 2.05) is 6.92 Å². The first kappa shape index (κ1) is 19.9. The molecule has 1 aromatic carbocycles. The zero-order valence-electron chi connectivity index (χ0n) is 16.0. The number of rotatable bonds is 5. The number of carbonyl (C=O) groups excluding carboxylic acids is 4. The molecular formula is C20H18N2O7. The number of hydrogen-bond donors (Lipinski definition) is 1. The van der Waals surface area contributed by atoms with Crippen LogP contribution in [-0.4, -0.2) is 49.5 Å². The van der Waals surface area contributed by atoms with Gasteiger partial charge in [0.25, 0.3) is 5.91 Å². The van der Waals surface area contributed by atoms with Gasteiger partial charge >= 0.3 is 18.0 Å². The number of imide groups is 1. The van der Waals surface area contributed by atoms with Crippen LogP contribution in [0, 0.1) is 6.92 Å². The Balaban J connectivity index is 1.82. The number of ether oxygens (including phenoxy) is 2. The van der Waals surface area contributed by atoms with Crippen LogP contribution in [-0.2, 0) is 19.1 Å². The van der Waals surface area contributed by atoms with Crippen LogP contribution in [0.15, 0.2) is 40.4 Å². The van der Waals surface area contributed by atoms with E-state index in [9.17, 15) is 19.2 Å². The van der Waals surface area contributed by atoms with Gasteiger partial charge in [0.15, 0.2) is 0 Å². The fourth-order valence-electron chi connectivity index (χ4n) is 2.81. The van der Waals surface area contributed by atoms with Crippen molar-refractivity contribution in [2.45, 2.75) is 6.92 Å². The molecule has 0 bridgehead atoms. The molecule has 1 N–H and O–H groups in total. The molecule has 3 amide bonds. The summed E-state index contributed by atoms with van der Waals surface area (Å²) in [5, 5.41) is 2.40. The van der Waals surface area contributed by atoms with Gasteiger partial charge in [-0.2, -0.15) is 0 Å². The predicted octanol–water partition coefficient (Wildman–Crippen LogP) is 2.11. The average molecular weight is 398 g/mol. The van der Waals surface area contributed by atoms with Crippen LogP contribution in [0.25, 0.3) is 17.4 Å². The van der Waals surface area contributed by atoms with E-state index in [2.05, 4.69) is 10.1 Å². The molecule has 3 rings (SSSR count). The lowest BCUT2D eigenvalue weighted by Crippen LogP contribution is -2.36. The van der Waals surface area contributed by atoms with Gasteiger partial charge in [-0.25, -0.2) is 14.5 Å². The van der Waals surface area contributed by atoms with E-state index in [4.69, 9.17) is 9.15 Å². The molecule has 2 aromatic rings. The fraction of sp³-hybridized carbons (Fsp3) is 0.200. The molecule has 9 nitrogen and oxygen atoms in total. The molecule has 1 saturated heterocycles. The number of benzene rings is 1. The molecule has 1 fully saturated rings. The number of esters is 2. The molecule has 1 aliphatic rings. The monoisotopic (exact) mass is 398 g/mol. The Morgan fingerprint density at radius 1 is 1.14 bits per heavy atom. The van der Waals surface area contributed by atoms with Crippen LogP contribution in [0.1, 0.15) is 21.7 Å². The van der Waals surface area contributed by atoms with Gasteiger partial charge < -0.3 is 19.2 Å². The van der Waals surface area contributed by atoms with Gasteiger partial charge in [0.1, 0.15) is 23.8 Å². The second-order valence-electron chi connectivity index (χ2n) is 6.18. The highest BCUT2D eigenvalue weighted by atomic mass is 16.5. The van der Waals surface area contributed by atoms with Gasteiger partial charge in [-0.15, -0.1) is 0 Å². The molecule has 1 aromatic heterocycles. The van der Waals surface area contributed by atoms with E-state index in [1.54, 1.807) is 30.3 Å². The Hall–Kier alpha value is -3.88. The zero-order valence-corrected chi connectivity index (χ0v) is 16.0. The minimum atomic E-state index is -0.715. The van der Waals surface area contributed by atoms with E-state index < -0.39 is 30.4 Å². The Morgan fingerprint density at radius 2 is 1.90 bits per heavy atom. The molecule has 0 atom stereocenters. The van der Waals surface area contributed by atoms with Gasteiger partial charge in [-0.05, 0) is 36.8 Å². The van der Waals surface area contributed by atoms with Crippen molar-refractivity contribution in [3.63, 3.8) is 0 Å². The highest BCUT2D eigenvalue weighted by molar-refractivity contribution is 6.15. The van der Waals surface area contributed by atoms with Gasteiger partial charge in [0.2, 0.25) is 0 Å². The molecule has 29 heavy (non-hydrogen) atoms. The van der Waals surface area contributed by atoms with E-state index >= 15 is 0 Å². The molecule has 0 spiro atoms. The van der Waals surface area contributed by atoms with Crippen molar-refractivity contribution in [2.24, 2.45) is 0 Å². The van der Waals surface area contributed by atoms with E-state index in [1.165, 1.54) is 20.3 Å². The predicted molar refractivity (Wildman–Crippen MR) is 100 cm³/mol. The summed E-state index contributed by atoms with van der Waals surface area (Å²) in [7, 11) is 2.48. The third kappa shape index (κ3) is 4.03. The SMILES string of the molecule is COC(=O)CN1C(=O)N/C(=C/c2ccc(-c3ccc(C(=O)OC)cc3C)o2)C1=O. The number of urea groups is 1. The fourth-order valence-corrected chi connectivity index (χ4v) is 2.81. The van der Waals surface area contributed by atoms with Crippen molar-refractivity contribution in [3.05, 3.63) is 52.9 Å². The summed E-state index contributed by atoms with van der Waals surface area (Å²) in [6.07, 6.45) is 1.37. The second-order valence-corrected chi connectivity index (χ2v) is 6.18. The minimum Gasteiger partial charge on any atom is -0.468 e. The summed E-state index contributed by atoms with van der Waals surface area (Å²) in [6, 6.07) is 7.68. The third-order valence-electron chi connectivity index (χ3n) is 4.30. The normalized spacial score (nSPS) is 14.9. The summed E-state index contributed by atoms with van der Waals surface area (Å²) in [5.41, 5.74) is 1.97. The van der Waals surface area contributed by atoms with Crippen molar-refractivity contribution in [1.29, 1.82) is 0 Å². The summed E-state index contributed by atoms with van der Waals surface area (Å²) < 4.78 is 14.9. The summed E-state index contributed by atoms with van der Waals surface area (Å²) in [5.74, 6) is -0.941. The number of amides is 3. The first-order valence-electron chi connectivity index (χ1n) is 8.54. The van der Waals surface area contributed by atoms with Crippen LogP contribution >= 0.6 is 0 Å². The Morgan fingerprint density at radius 3 is 2.55 bits per heavy atom. The maximum Gasteiger partial charge on any atom is 0.337 e. The van der Waals surface area contributed by atoms with Crippen molar-refractivity contribution < 1.29 is 33.1 Å². The van der Waals surface area contributed by atoms with Crippen molar-refractivity contribution in [2.75, 3.05) is 20.8 Å². The number of aryl methyl sites for hydroxylation is 1. The molecule has 0 aliphatic carbocycles. The molecule has 0 radical (unpaired) electrons. The van der Waals surface area contributed by atoms with E-state index in [-0.39, 0.29) is 5.70 Å². The van der Waals surface area contributed by atoms with Crippen molar-refractivity contribution in [3.8, 4) is 11.3 Å². The van der Waals surface area contributed by atoms with E-state index in [0.717, 1.165) is 16.0 Å². The number of furan rings is 1. The van der Waals surface area contributed by atoms with Crippen LogP contribution in [0.3, 0.4) is 0 Å². The van der Waals surface area contributed by atoms with Crippen LogP contribution in [0.5, 0.6) is 0 Å². The number of methoxy groups -OCH3 is 2. The molecule has 9 heteroatoms. The van der Waals surface area contributed by atoms with Gasteiger partial charge in [-0.3, -0.25) is 9.59 Å². The summed E-state index contributed by atoms with van der Waals surface area (Å²) in [4.78, 5) is 47.9. The molecule has 0 saturated carbocycles. The topological polar surface area (TPSA) is 115 Å². The van der Waals surface area contributed by atoms with Crippen molar-refractivity contribution in [1.82, 2.24) is 10.2 Å². The second kappa shape index (κ2) is 8.01. The van der Waals surface area contributed by atoms with Gasteiger partial charge in [-0.1, -0.05) is 6.07 Å². The molecular weight excluding hydrogens is 380 g/mol.